The normalized spacial score (nSPS) is 15.5. The Bertz CT molecular complexity index is 1130. The zero-order valence-electron chi connectivity index (χ0n) is 17.0. The fourth-order valence-corrected chi connectivity index (χ4v) is 5.81. The molecule has 0 aromatic carbocycles. The lowest BCUT2D eigenvalue weighted by Gasteiger charge is -2.33. The van der Waals surface area contributed by atoms with Gasteiger partial charge in [-0.3, -0.25) is 4.79 Å². The zero-order chi connectivity index (χ0) is 22.0. The van der Waals surface area contributed by atoms with Gasteiger partial charge in [0.25, 0.3) is 0 Å². The molecule has 3 aromatic heterocycles. The van der Waals surface area contributed by atoms with Gasteiger partial charge in [-0.15, -0.1) is 5.10 Å². The van der Waals surface area contributed by atoms with Crippen LogP contribution in [0.1, 0.15) is 17.2 Å². The van der Waals surface area contributed by atoms with Crippen LogP contribution in [0.4, 0.5) is 0 Å². The van der Waals surface area contributed by atoms with Gasteiger partial charge >= 0.3 is 0 Å². The lowest BCUT2D eigenvalue weighted by Crippen LogP contribution is -2.51. The second-order valence-corrected chi connectivity index (χ2v) is 9.74. The van der Waals surface area contributed by atoms with Crippen molar-refractivity contribution in [1.29, 1.82) is 0 Å². The SMILES string of the molecule is Cc1noc(C)c1S(=O)(=O)N1CCN(C(=O)CSc2nnnn2Cc2ccco2)CC1. The molecule has 0 aliphatic carbocycles. The Morgan fingerprint density at radius 1 is 1.23 bits per heavy atom. The molecule has 1 fully saturated rings. The summed E-state index contributed by atoms with van der Waals surface area (Å²) in [4.78, 5) is 14.4. The zero-order valence-corrected chi connectivity index (χ0v) is 18.6. The van der Waals surface area contributed by atoms with Crippen LogP contribution in [-0.4, -0.2) is 80.8 Å². The number of hydrogen-bond acceptors (Lipinski definition) is 10. The van der Waals surface area contributed by atoms with E-state index in [1.807, 2.05) is 6.07 Å². The molecular weight excluding hydrogens is 446 g/mol. The van der Waals surface area contributed by atoms with E-state index in [2.05, 4.69) is 20.7 Å². The summed E-state index contributed by atoms with van der Waals surface area (Å²) in [5.74, 6) is 1.01. The van der Waals surface area contributed by atoms with Gasteiger partial charge in [0.2, 0.25) is 21.1 Å². The summed E-state index contributed by atoms with van der Waals surface area (Å²) in [5, 5.41) is 15.8. The first-order valence-corrected chi connectivity index (χ1v) is 11.9. The van der Waals surface area contributed by atoms with Crippen LogP contribution in [0.25, 0.3) is 0 Å². The van der Waals surface area contributed by atoms with Crippen LogP contribution < -0.4 is 0 Å². The van der Waals surface area contributed by atoms with Gasteiger partial charge in [-0.05, 0) is 36.4 Å². The second kappa shape index (κ2) is 8.80. The van der Waals surface area contributed by atoms with E-state index in [9.17, 15) is 13.2 Å². The Labute approximate surface area is 182 Å². The van der Waals surface area contributed by atoms with Gasteiger partial charge in [0.15, 0.2) is 5.76 Å². The van der Waals surface area contributed by atoms with Gasteiger partial charge in [0, 0.05) is 26.2 Å². The quantitative estimate of drug-likeness (QED) is 0.452. The third-order valence-corrected chi connectivity index (χ3v) is 7.95. The summed E-state index contributed by atoms with van der Waals surface area (Å²) in [6.07, 6.45) is 1.57. The monoisotopic (exact) mass is 467 g/mol. The molecule has 1 saturated heterocycles. The average molecular weight is 468 g/mol. The van der Waals surface area contributed by atoms with Gasteiger partial charge < -0.3 is 13.8 Å². The van der Waals surface area contributed by atoms with Crippen molar-refractivity contribution in [2.45, 2.75) is 30.4 Å². The number of piperazine rings is 1. The first-order valence-electron chi connectivity index (χ1n) is 9.48. The minimum absolute atomic E-state index is 0.103. The van der Waals surface area contributed by atoms with Crippen molar-refractivity contribution in [3.8, 4) is 0 Å². The van der Waals surface area contributed by atoms with Crippen LogP contribution in [0.5, 0.6) is 0 Å². The molecule has 0 radical (unpaired) electrons. The van der Waals surface area contributed by atoms with Crippen molar-refractivity contribution in [2.24, 2.45) is 0 Å². The van der Waals surface area contributed by atoms with Crippen molar-refractivity contribution in [2.75, 3.05) is 31.9 Å². The topological polar surface area (TPSA) is 140 Å². The van der Waals surface area contributed by atoms with Gasteiger partial charge in [-0.25, -0.2) is 13.1 Å². The van der Waals surface area contributed by atoms with Crippen LogP contribution >= 0.6 is 11.8 Å². The minimum Gasteiger partial charge on any atom is -0.467 e. The Morgan fingerprint density at radius 2 is 2.00 bits per heavy atom. The average Bonchev–Trinajstić information content (AvgIpc) is 3.49. The smallest absolute Gasteiger partial charge is 0.248 e. The number of rotatable bonds is 7. The minimum atomic E-state index is -3.71. The number of carbonyl (C=O) groups is 1. The van der Waals surface area contributed by atoms with Gasteiger partial charge in [0.1, 0.15) is 22.9 Å². The highest BCUT2D eigenvalue weighted by atomic mass is 32.2. The molecule has 1 aliphatic heterocycles. The lowest BCUT2D eigenvalue weighted by atomic mass is 10.3. The number of aryl methyl sites for hydroxylation is 2. The number of carbonyl (C=O) groups excluding carboxylic acids is 1. The molecule has 12 nitrogen and oxygen atoms in total. The predicted molar refractivity (Wildman–Crippen MR) is 108 cm³/mol. The molecule has 0 spiro atoms. The summed E-state index contributed by atoms with van der Waals surface area (Å²) in [6.45, 7) is 4.56. The molecule has 14 heteroatoms. The number of nitrogens with zero attached hydrogens (tertiary/aromatic N) is 7. The summed E-state index contributed by atoms with van der Waals surface area (Å²) in [6, 6.07) is 3.60. The molecule has 4 rings (SSSR count). The van der Waals surface area contributed by atoms with E-state index in [1.165, 1.54) is 16.1 Å². The van der Waals surface area contributed by atoms with Crippen molar-refractivity contribution >= 4 is 27.7 Å². The van der Waals surface area contributed by atoms with Gasteiger partial charge in [-0.2, -0.15) is 4.31 Å². The van der Waals surface area contributed by atoms with Crippen molar-refractivity contribution in [1.82, 2.24) is 34.6 Å². The van der Waals surface area contributed by atoms with E-state index in [4.69, 9.17) is 8.94 Å². The molecule has 31 heavy (non-hydrogen) atoms. The molecule has 0 bridgehead atoms. The highest BCUT2D eigenvalue weighted by molar-refractivity contribution is 7.99. The summed E-state index contributed by atoms with van der Waals surface area (Å²) in [7, 11) is -3.71. The first kappa shape index (κ1) is 21.5. The second-order valence-electron chi connectivity index (χ2n) is 6.93. The number of tetrazole rings is 1. The molecular formula is C17H21N7O5S2. The van der Waals surface area contributed by atoms with Crippen LogP contribution in [0, 0.1) is 13.8 Å². The van der Waals surface area contributed by atoms with E-state index in [0.29, 0.717) is 36.2 Å². The number of sulfonamides is 1. The van der Waals surface area contributed by atoms with E-state index in [1.54, 1.807) is 35.8 Å². The molecule has 0 saturated carbocycles. The Morgan fingerprint density at radius 3 is 2.65 bits per heavy atom. The highest BCUT2D eigenvalue weighted by Gasteiger charge is 2.34. The number of furan rings is 1. The molecule has 0 atom stereocenters. The Hall–Kier alpha value is -2.71. The van der Waals surface area contributed by atoms with E-state index in [-0.39, 0.29) is 35.4 Å². The molecule has 1 amide bonds. The standard InChI is InChI=1S/C17H21N7O5S2/c1-12-16(13(2)29-19-12)31(26,27)23-7-5-22(6-8-23)15(25)11-30-17-18-20-21-24(17)10-14-4-3-9-28-14/h3-4,9H,5-8,10-11H2,1-2H3. The van der Waals surface area contributed by atoms with Crippen LogP contribution in [0.15, 0.2) is 37.4 Å². The molecule has 1 aliphatic rings. The molecule has 3 aromatic rings. The molecule has 4 heterocycles. The maximum atomic E-state index is 12.9. The third-order valence-electron chi connectivity index (χ3n) is 4.87. The van der Waals surface area contributed by atoms with Gasteiger partial charge in [-0.1, -0.05) is 16.9 Å². The highest BCUT2D eigenvalue weighted by Crippen LogP contribution is 2.24. The third kappa shape index (κ3) is 4.50. The van der Waals surface area contributed by atoms with Crippen molar-refractivity contribution in [3.05, 3.63) is 35.6 Å². The molecule has 0 unspecified atom stereocenters. The maximum absolute atomic E-state index is 12.9. The summed E-state index contributed by atoms with van der Waals surface area (Å²) >= 11 is 1.23. The number of amides is 1. The van der Waals surface area contributed by atoms with E-state index >= 15 is 0 Å². The van der Waals surface area contributed by atoms with E-state index < -0.39 is 10.0 Å². The fourth-order valence-electron chi connectivity index (χ4n) is 3.32. The number of aromatic nitrogens is 5. The van der Waals surface area contributed by atoms with Crippen molar-refractivity contribution < 1.29 is 22.2 Å². The Balaban J connectivity index is 1.32. The maximum Gasteiger partial charge on any atom is 0.248 e. The van der Waals surface area contributed by atoms with Gasteiger partial charge in [0.05, 0.1) is 12.0 Å². The lowest BCUT2D eigenvalue weighted by molar-refractivity contribution is -0.129. The van der Waals surface area contributed by atoms with Crippen LogP contribution in [0.3, 0.4) is 0 Å². The first-order chi connectivity index (χ1) is 14.9. The molecule has 0 N–H and O–H groups in total. The Kier molecular flexibility index (Phi) is 6.11. The largest absolute Gasteiger partial charge is 0.467 e. The van der Waals surface area contributed by atoms with Crippen molar-refractivity contribution in [3.63, 3.8) is 0 Å². The van der Waals surface area contributed by atoms with Crippen LogP contribution in [-0.2, 0) is 21.4 Å². The van der Waals surface area contributed by atoms with E-state index in [0.717, 1.165) is 0 Å². The number of hydrogen-bond donors (Lipinski definition) is 0. The fraction of sp³-hybridized carbons (Fsp3) is 0.471. The summed E-state index contributed by atoms with van der Waals surface area (Å²) < 4.78 is 39.0. The summed E-state index contributed by atoms with van der Waals surface area (Å²) in [5.41, 5.74) is 0.333. The molecule has 166 valence electrons. The number of thioether (sulfide) groups is 1. The predicted octanol–water partition coefficient (Wildman–Crippen LogP) is 0.544. The van der Waals surface area contributed by atoms with Crippen LogP contribution in [0.2, 0.25) is 0 Å².